The topological polar surface area (TPSA) is 192 Å². The Morgan fingerprint density at radius 2 is 1.21 bits per heavy atom. The summed E-state index contributed by atoms with van der Waals surface area (Å²) in [6, 6.07) is 47.3. The third-order valence-corrected chi connectivity index (χ3v) is 9.90. The van der Waals surface area contributed by atoms with E-state index < -0.39 is 0 Å². The molecule has 12 nitrogen and oxygen atoms in total. The van der Waals surface area contributed by atoms with Crippen LogP contribution in [0.4, 0.5) is 0 Å². The van der Waals surface area contributed by atoms with E-state index in [0.29, 0.717) is 37.6 Å². The molecule has 0 spiro atoms. The highest BCUT2D eigenvalue weighted by molar-refractivity contribution is 5.96. The van der Waals surface area contributed by atoms with Gasteiger partial charge in [-0.2, -0.15) is 5.10 Å². The van der Waals surface area contributed by atoms with Gasteiger partial charge in [0.15, 0.2) is 5.84 Å². The maximum Gasteiger partial charge on any atom is 0.176 e. The minimum atomic E-state index is 0.0425. The van der Waals surface area contributed by atoms with Gasteiger partial charge >= 0.3 is 0 Å². The molecule has 12 heteroatoms. The number of amidine groups is 2. The average molecular weight is 822 g/mol. The lowest BCUT2D eigenvalue weighted by molar-refractivity contribution is 0.205. The van der Waals surface area contributed by atoms with Crippen LogP contribution in [0.5, 0.6) is 11.5 Å². The number of rotatable bonds is 14. The molecule has 7 N–H and O–H groups in total. The van der Waals surface area contributed by atoms with Gasteiger partial charge in [0.05, 0.1) is 22.4 Å². The van der Waals surface area contributed by atoms with Crippen LogP contribution < -0.4 is 26.9 Å². The second-order valence-electron chi connectivity index (χ2n) is 14.3. The normalized spacial score (nSPS) is 12.7. The van der Waals surface area contributed by atoms with E-state index in [4.69, 9.17) is 37.0 Å². The van der Waals surface area contributed by atoms with Crippen molar-refractivity contribution in [2.45, 2.75) is 39.1 Å². The maximum atomic E-state index is 7.73. The zero-order chi connectivity index (χ0) is 42.9. The molecule has 0 atom stereocenters. The van der Waals surface area contributed by atoms with E-state index in [-0.39, 0.29) is 5.84 Å². The summed E-state index contributed by atoms with van der Waals surface area (Å²) in [7, 11) is 0. The standard InChI is InChI=1S/C25H23N5O.C25H24N4O2/c26-25(29-30-27)21-12-10-18(11-13-21)8-9-19-4-3-6-23(16-19)31-17-22-15-14-20-5-1-2-7-24(20)28-22;26-25(29-27)15-19-6-1-2-7-20(19)16-30-22-11-13-23(14-12-22)31-17-21-10-9-18-5-3-4-8-24(18)28-21/h1-2,5-16H,3-4,17H2,(H3,26,27,29);1-14H,15-17,27H2,(H2,26,29)/b9-8+;. The van der Waals surface area contributed by atoms with Gasteiger partial charge < -0.3 is 31.6 Å². The Bertz CT molecular complexity index is 2780. The lowest BCUT2D eigenvalue weighted by Crippen LogP contribution is -2.18. The van der Waals surface area contributed by atoms with Crippen LogP contribution in [0.1, 0.15) is 46.5 Å². The fourth-order valence-electron chi connectivity index (χ4n) is 6.59. The molecule has 5 aromatic carbocycles. The van der Waals surface area contributed by atoms with Gasteiger partial charge in [-0.15, -0.1) is 5.11 Å². The van der Waals surface area contributed by atoms with Gasteiger partial charge in [-0.05, 0) is 95.8 Å². The van der Waals surface area contributed by atoms with Crippen LogP contribution in [0.2, 0.25) is 0 Å². The highest BCUT2D eigenvalue weighted by atomic mass is 16.5. The predicted octanol–water partition coefficient (Wildman–Crippen LogP) is 9.89. The van der Waals surface area contributed by atoms with Gasteiger partial charge in [0.2, 0.25) is 0 Å². The van der Waals surface area contributed by atoms with E-state index >= 15 is 0 Å². The molecule has 0 bridgehead atoms. The van der Waals surface area contributed by atoms with Crippen LogP contribution in [0, 0.1) is 5.41 Å². The quantitative estimate of drug-likeness (QED) is 0.0274. The molecule has 0 aliphatic heterocycles. The number of fused-ring (bicyclic) bond motifs is 2. The lowest BCUT2D eigenvalue weighted by Gasteiger charge is -2.13. The number of nitrogens with zero attached hydrogens (tertiary/aromatic N) is 5. The molecule has 0 fully saturated rings. The Balaban J connectivity index is 0.000000186. The minimum absolute atomic E-state index is 0.0425. The van der Waals surface area contributed by atoms with Gasteiger partial charge in [0, 0.05) is 22.8 Å². The molecule has 310 valence electrons. The van der Waals surface area contributed by atoms with E-state index in [9.17, 15) is 0 Å². The summed E-state index contributed by atoms with van der Waals surface area (Å²) < 4.78 is 17.8. The van der Waals surface area contributed by atoms with Crippen molar-refractivity contribution in [1.29, 1.82) is 5.41 Å². The Labute approximate surface area is 360 Å². The highest BCUT2D eigenvalue weighted by Gasteiger charge is 2.08. The smallest absolute Gasteiger partial charge is 0.176 e. The maximum absolute atomic E-state index is 7.73. The van der Waals surface area contributed by atoms with Crippen molar-refractivity contribution in [2.75, 3.05) is 0 Å². The minimum Gasteiger partial charge on any atom is -0.489 e. The van der Waals surface area contributed by atoms with E-state index in [1.165, 1.54) is 5.57 Å². The third kappa shape index (κ3) is 12.0. The summed E-state index contributed by atoms with van der Waals surface area (Å²) in [5, 5.41) is 20.2. The summed E-state index contributed by atoms with van der Waals surface area (Å²) in [5.74, 6) is 13.1. The molecule has 0 unspecified atom stereocenters. The largest absolute Gasteiger partial charge is 0.489 e. The first kappa shape index (κ1) is 42.0. The fourth-order valence-corrected chi connectivity index (χ4v) is 6.59. The third-order valence-electron chi connectivity index (χ3n) is 9.90. The molecule has 0 amide bonds. The summed E-state index contributed by atoms with van der Waals surface area (Å²) >= 11 is 0. The van der Waals surface area contributed by atoms with Crippen LogP contribution in [0.3, 0.4) is 0 Å². The number of nitrogens with one attached hydrogen (secondary N) is 1. The van der Waals surface area contributed by atoms with Gasteiger partial charge in [-0.3, -0.25) is 5.41 Å². The van der Waals surface area contributed by atoms with Gasteiger partial charge in [-0.25, -0.2) is 9.97 Å². The van der Waals surface area contributed by atoms with Crippen molar-refractivity contribution in [3.05, 3.63) is 209 Å². The molecule has 1 aliphatic carbocycles. The van der Waals surface area contributed by atoms with Crippen molar-refractivity contribution < 1.29 is 14.2 Å². The van der Waals surface area contributed by atoms with Gasteiger partial charge in [0.1, 0.15) is 42.9 Å². The number of hydrazone groups is 1. The van der Waals surface area contributed by atoms with Crippen molar-refractivity contribution in [1.82, 2.24) is 9.97 Å². The number of allylic oxidation sites excluding steroid dienone is 4. The van der Waals surface area contributed by atoms with E-state index in [1.807, 2.05) is 127 Å². The number of hydrogen-bond donors (Lipinski definition) is 4. The van der Waals surface area contributed by atoms with Crippen molar-refractivity contribution in [3.63, 3.8) is 0 Å². The summed E-state index contributed by atoms with van der Waals surface area (Å²) in [6.45, 7) is 1.27. The zero-order valence-corrected chi connectivity index (χ0v) is 34.1. The Morgan fingerprint density at radius 3 is 1.84 bits per heavy atom. The summed E-state index contributed by atoms with van der Waals surface area (Å²) in [4.78, 5) is 9.29. The SMILES string of the molecule is N/N=C(\N)Cc1ccccc1COc1ccc(OCc2ccc3ccccc3n2)cc1.N=C(N=NN)c1ccc(/C=C/C2=CC(OCc3ccc4ccccc4n3)=CCC2)cc1. The monoisotopic (exact) mass is 821 g/mol. The van der Waals surface area contributed by atoms with E-state index in [1.54, 1.807) is 0 Å². The first-order chi connectivity index (χ1) is 30.4. The van der Waals surface area contributed by atoms with Crippen molar-refractivity contribution in [2.24, 2.45) is 32.9 Å². The van der Waals surface area contributed by atoms with Crippen LogP contribution in [0.25, 0.3) is 27.9 Å². The summed E-state index contributed by atoms with van der Waals surface area (Å²) in [5.41, 5.74) is 14.5. The Morgan fingerprint density at radius 1 is 0.629 bits per heavy atom. The van der Waals surface area contributed by atoms with Crippen molar-refractivity contribution >= 4 is 39.6 Å². The van der Waals surface area contributed by atoms with Crippen LogP contribution in [-0.4, -0.2) is 21.6 Å². The molecule has 2 heterocycles. The number of benzene rings is 5. The highest BCUT2D eigenvalue weighted by Crippen LogP contribution is 2.23. The van der Waals surface area contributed by atoms with Gasteiger partial charge in [-0.1, -0.05) is 114 Å². The number of pyridine rings is 2. The molecule has 8 rings (SSSR count). The number of hydrogen-bond acceptors (Lipinski definition) is 9. The molecular formula is C50H47N9O3. The van der Waals surface area contributed by atoms with E-state index in [2.05, 4.69) is 67.9 Å². The Hall–Kier alpha value is -8.12. The van der Waals surface area contributed by atoms with Gasteiger partial charge in [0.25, 0.3) is 0 Å². The first-order valence-corrected chi connectivity index (χ1v) is 20.1. The zero-order valence-electron chi connectivity index (χ0n) is 34.1. The molecule has 62 heavy (non-hydrogen) atoms. The molecule has 0 saturated heterocycles. The first-order valence-electron chi connectivity index (χ1n) is 20.1. The average Bonchev–Trinajstić information content (AvgIpc) is 3.32. The second-order valence-corrected chi connectivity index (χ2v) is 14.3. The fraction of sp³-hybridized carbons (Fsp3) is 0.120. The van der Waals surface area contributed by atoms with Crippen molar-refractivity contribution in [3.8, 4) is 11.5 Å². The number of aromatic nitrogens is 2. The molecular weight excluding hydrogens is 775 g/mol. The summed E-state index contributed by atoms with van der Waals surface area (Å²) in [6.07, 6.45) is 10.7. The lowest BCUT2D eigenvalue weighted by atomic mass is 10.0. The number of ether oxygens (including phenoxy) is 3. The van der Waals surface area contributed by atoms with Crippen LogP contribution in [0.15, 0.2) is 191 Å². The molecule has 0 radical (unpaired) electrons. The van der Waals surface area contributed by atoms with Crippen LogP contribution in [-0.2, 0) is 31.0 Å². The Kier molecular flexibility index (Phi) is 14.4. The molecule has 0 saturated carbocycles. The number of nitrogens with two attached hydrogens (primary N) is 3. The second kappa shape index (κ2) is 21.2. The van der Waals surface area contributed by atoms with Crippen LogP contribution >= 0.6 is 0 Å². The van der Waals surface area contributed by atoms with E-state index in [0.717, 1.165) is 80.0 Å². The number of para-hydroxylation sites is 2. The molecule has 7 aromatic rings. The molecule has 2 aromatic heterocycles. The molecule has 1 aliphatic rings. The predicted molar refractivity (Wildman–Crippen MR) is 246 cm³/mol.